The minimum absolute atomic E-state index is 0.267. The predicted octanol–water partition coefficient (Wildman–Crippen LogP) is 5.00. The van der Waals surface area contributed by atoms with Crippen molar-refractivity contribution in [2.45, 2.75) is 37.5 Å². The molecule has 0 aliphatic carbocycles. The van der Waals surface area contributed by atoms with Gasteiger partial charge in [0.25, 0.3) is 5.91 Å². The molecule has 0 radical (unpaired) electrons. The van der Waals surface area contributed by atoms with Gasteiger partial charge in [-0.3, -0.25) is 4.79 Å². The number of aromatic nitrogens is 1. The summed E-state index contributed by atoms with van der Waals surface area (Å²) < 4.78 is 19.4. The number of thioether (sulfide) groups is 1. The van der Waals surface area contributed by atoms with Crippen molar-refractivity contribution in [2.75, 3.05) is 27.4 Å². The molecule has 3 rings (SSSR count). The number of carbonyl (C=O) groups excluding carboxylic acids is 1. The van der Waals surface area contributed by atoms with E-state index in [1.54, 1.807) is 26.0 Å². The number of hydrogen-bond donors (Lipinski definition) is 0. The highest BCUT2D eigenvalue weighted by Crippen LogP contribution is 2.33. The monoisotopic (exact) mass is 460 g/mol. The first kappa shape index (κ1) is 23.4. The van der Waals surface area contributed by atoms with Crippen LogP contribution in [0.4, 0.5) is 0 Å². The van der Waals surface area contributed by atoms with Crippen molar-refractivity contribution in [3.63, 3.8) is 0 Å². The quantitative estimate of drug-likeness (QED) is 0.332. The third-order valence-electron chi connectivity index (χ3n) is 4.52. The Balaban J connectivity index is 2.02. The molecule has 3 aromatic rings. The van der Waals surface area contributed by atoms with Crippen molar-refractivity contribution in [3.05, 3.63) is 46.8 Å². The summed E-state index contributed by atoms with van der Waals surface area (Å²) in [5.41, 5.74) is 1.50. The molecule has 8 heteroatoms. The molecule has 6 nitrogen and oxygen atoms in total. The maximum atomic E-state index is 12.9. The molecule has 1 amide bonds. The van der Waals surface area contributed by atoms with Crippen LogP contribution in [-0.4, -0.2) is 43.2 Å². The summed E-state index contributed by atoms with van der Waals surface area (Å²) in [7, 11) is 3.22. The van der Waals surface area contributed by atoms with E-state index in [2.05, 4.69) is 18.8 Å². The molecule has 0 N–H and O–H groups in total. The van der Waals surface area contributed by atoms with E-state index >= 15 is 0 Å². The van der Waals surface area contributed by atoms with Crippen molar-refractivity contribution < 1.29 is 19.0 Å². The average molecular weight is 461 g/mol. The molecular weight excluding hydrogens is 432 g/mol. The lowest BCUT2D eigenvalue weighted by Crippen LogP contribution is -2.19. The van der Waals surface area contributed by atoms with Crippen molar-refractivity contribution in [3.8, 4) is 11.5 Å². The summed E-state index contributed by atoms with van der Waals surface area (Å²) in [4.78, 5) is 19.1. The number of benzene rings is 2. The first-order valence-corrected chi connectivity index (χ1v) is 11.8. The van der Waals surface area contributed by atoms with Gasteiger partial charge in [-0.25, -0.2) is 0 Å². The van der Waals surface area contributed by atoms with E-state index < -0.39 is 0 Å². The van der Waals surface area contributed by atoms with E-state index in [1.165, 1.54) is 11.3 Å². The number of amides is 1. The van der Waals surface area contributed by atoms with Crippen LogP contribution in [0.5, 0.6) is 11.5 Å². The molecule has 0 aliphatic heterocycles. The van der Waals surface area contributed by atoms with E-state index in [1.807, 2.05) is 47.9 Å². The fourth-order valence-corrected chi connectivity index (χ4v) is 5.00. The maximum absolute atomic E-state index is 12.9. The van der Waals surface area contributed by atoms with Crippen molar-refractivity contribution in [1.82, 2.24) is 4.57 Å². The Morgan fingerprint density at radius 1 is 1.13 bits per heavy atom. The van der Waals surface area contributed by atoms with Gasteiger partial charge in [0, 0.05) is 41.0 Å². The Morgan fingerprint density at radius 2 is 1.81 bits per heavy atom. The standard InChI is InChI=1S/C23H28N2O4S2/c1-6-29-12-11-25-18-13-19(27-4)20(28-5)14-21(18)31-23(25)24-22(26)16-7-9-17(10-8-16)30-15(2)3/h7-10,13-15H,6,11-12H2,1-5H3. The molecule has 1 aromatic heterocycles. The summed E-state index contributed by atoms with van der Waals surface area (Å²) >= 11 is 3.21. The van der Waals surface area contributed by atoms with Crippen LogP contribution in [0, 0.1) is 0 Å². The summed E-state index contributed by atoms with van der Waals surface area (Å²) in [5.74, 6) is 1.01. The Labute approximate surface area is 190 Å². The lowest BCUT2D eigenvalue weighted by molar-refractivity contribution is 0.0996. The molecule has 0 fully saturated rings. The van der Waals surface area contributed by atoms with E-state index in [0.717, 1.165) is 15.1 Å². The molecule has 0 aliphatic rings. The smallest absolute Gasteiger partial charge is 0.279 e. The molecule has 0 bridgehead atoms. The Bertz CT molecular complexity index is 1100. The Morgan fingerprint density at radius 3 is 2.42 bits per heavy atom. The number of carbonyl (C=O) groups is 1. The maximum Gasteiger partial charge on any atom is 0.279 e. The third kappa shape index (κ3) is 5.70. The molecule has 2 aromatic carbocycles. The largest absolute Gasteiger partial charge is 0.493 e. The number of nitrogens with zero attached hydrogens (tertiary/aromatic N) is 2. The molecule has 0 atom stereocenters. The fraction of sp³-hybridized carbons (Fsp3) is 0.391. The summed E-state index contributed by atoms with van der Waals surface area (Å²) in [6.45, 7) is 7.99. The predicted molar refractivity (Wildman–Crippen MR) is 127 cm³/mol. The average Bonchev–Trinajstić information content (AvgIpc) is 3.08. The normalized spacial score (nSPS) is 12.0. The van der Waals surface area contributed by atoms with E-state index in [4.69, 9.17) is 14.2 Å². The van der Waals surface area contributed by atoms with E-state index in [-0.39, 0.29) is 5.91 Å². The molecule has 166 valence electrons. The van der Waals surface area contributed by atoms with Gasteiger partial charge in [-0.15, -0.1) is 11.8 Å². The van der Waals surface area contributed by atoms with Crippen LogP contribution in [0.2, 0.25) is 0 Å². The number of rotatable bonds is 9. The number of ether oxygens (including phenoxy) is 3. The van der Waals surface area contributed by atoms with Gasteiger partial charge in [0.2, 0.25) is 0 Å². The van der Waals surface area contributed by atoms with Gasteiger partial charge in [0.15, 0.2) is 16.3 Å². The minimum atomic E-state index is -0.267. The van der Waals surface area contributed by atoms with Crippen LogP contribution in [0.15, 0.2) is 46.3 Å². The molecule has 31 heavy (non-hydrogen) atoms. The number of hydrogen-bond acceptors (Lipinski definition) is 6. The minimum Gasteiger partial charge on any atom is -0.493 e. The second-order valence-corrected chi connectivity index (χ2v) is 9.68. The van der Waals surface area contributed by atoms with Gasteiger partial charge in [0.1, 0.15) is 0 Å². The van der Waals surface area contributed by atoms with Crippen LogP contribution in [0.1, 0.15) is 31.1 Å². The van der Waals surface area contributed by atoms with Gasteiger partial charge < -0.3 is 18.8 Å². The topological polar surface area (TPSA) is 62.1 Å². The molecule has 0 spiro atoms. The molecule has 0 unspecified atom stereocenters. The lowest BCUT2D eigenvalue weighted by Gasteiger charge is -2.09. The van der Waals surface area contributed by atoms with E-state index in [9.17, 15) is 4.79 Å². The third-order valence-corrected chi connectivity index (χ3v) is 6.58. The summed E-state index contributed by atoms with van der Waals surface area (Å²) in [6.07, 6.45) is 0. The molecule has 0 saturated heterocycles. The van der Waals surface area contributed by atoms with Crippen LogP contribution < -0.4 is 14.3 Å². The lowest BCUT2D eigenvalue weighted by atomic mass is 10.2. The molecule has 1 heterocycles. The number of thiazole rings is 1. The first-order chi connectivity index (χ1) is 15.0. The van der Waals surface area contributed by atoms with Gasteiger partial charge in [0.05, 0.1) is 31.0 Å². The van der Waals surface area contributed by atoms with Crippen LogP contribution in [0.25, 0.3) is 10.2 Å². The Kier molecular flexibility index (Phi) is 8.17. The number of fused-ring (bicyclic) bond motifs is 1. The highest BCUT2D eigenvalue weighted by Gasteiger charge is 2.14. The van der Waals surface area contributed by atoms with Crippen LogP contribution in [0.3, 0.4) is 0 Å². The van der Waals surface area contributed by atoms with Crippen molar-refractivity contribution in [2.24, 2.45) is 4.99 Å². The zero-order valence-electron chi connectivity index (χ0n) is 18.5. The van der Waals surface area contributed by atoms with E-state index in [0.29, 0.717) is 46.9 Å². The summed E-state index contributed by atoms with van der Waals surface area (Å²) in [5, 5.41) is 0.489. The zero-order chi connectivity index (χ0) is 22.4. The van der Waals surface area contributed by atoms with Gasteiger partial charge >= 0.3 is 0 Å². The Hall–Kier alpha value is -2.29. The molecular formula is C23H28N2O4S2. The second kappa shape index (κ2) is 10.8. The molecule has 0 saturated carbocycles. The second-order valence-electron chi connectivity index (χ2n) is 7.02. The van der Waals surface area contributed by atoms with Gasteiger partial charge in [-0.1, -0.05) is 25.2 Å². The van der Waals surface area contributed by atoms with Gasteiger partial charge in [-0.05, 0) is 31.2 Å². The number of methoxy groups -OCH3 is 2. The zero-order valence-corrected chi connectivity index (χ0v) is 20.1. The fourth-order valence-electron chi connectivity index (χ4n) is 3.10. The highest BCUT2D eigenvalue weighted by molar-refractivity contribution is 7.99. The summed E-state index contributed by atoms with van der Waals surface area (Å²) in [6, 6.07) is 11.4. The van der Waals surface area contributed by atoms with Crippen LogP contribution >= 0.6 is 23.1 Å². The van der Waals surface area contributed by atoms with Crippen LogP contribution in [-0.2, 0) is 11.3 Å². The van der Waals surface area contributed by atoms with Crippen molar-refractivity contribution in [1.29, 1.82) is 0 Å². The highest BCUT2D eigenvalue weighted by atomic mass is 32.2. The van der Waals surface area contributed by atoms with Gasteiger partial charge in [-0.2, -0.15) is 4.99 Å². The van der Waals surface area contributed by atoms with Crippen molar-refractivity contribution >= 4 is 39.2 Å². The SMILES string of the molecule is CCOCCn1c(=NC(=O)c2ccc(SC(C)C)cc2)sc2cc(OC)c(OC)cc21. The first-order valence-electron chi connectivity index (χ1n) is 10.2.